The predicted octanol–water partition coefficient (Wildman–Crippen LogP) is 8.51. The highest BCUT2D eigenvalue weighted by Crippen LogP contribution is 2.38. The molecule has 0 radical (unpaired) electrons. The van der Waals surface area contributed by atoms with Crippen LogP contribution in [0.1, 0.15) is 82.8 Å². The van der Waals surface area contributed by atoms with Crippen molar-refractivity contribution in [2.75, 3.05) is 0 Å². The zero-order chi connectivity index (χ0) is 21.8. The molecule has 0 aliphatic carbocycles. The van der Waals surface area contributed by atoms with Crippen molar-refractivity contribution >= 4 is 0 Å². The minimum Gasteiger partial charge on any atom is -0.198 e. The molecule has 0 amide bonds. The number of hydrogen-bond donors (Lipinski definition) is 0. The average Bonchev–Trinajstić information content (AvgIpc) is 2.75. The van der Waals surface area contributed by atoms with Crippen molar-refractivity contribution in [3.63, 3.8) is 0 Å². The zero-order valence-corrected chi connectivity index (χ0v) is 19.3. The number of benzene rings is 2. The first kappa shape index (κ1) is 23.9. The molecule has 0 fully saturated rings. The highest BCUT2D eigenvalue weighted by Gasteiger charge is 2.24. The smallest absolute Gasteiger partial charge is 0.0658 e. The summed E-state index contributed by atoms with van der Waals surface area (Å²) in [5, 5.41) is 9.73. The van der Waals surface area contributed by atoms with E-state index in [2.05, 4.69) is 107 Å². The lowest BCUT2D eigenvalue weighted by Crippen LogP contribution is -2.14. The van der Waals surface area contributed by atoms with Crippen molar-refractivity contribution in [1.82, 2.24) is 0 Å². The second-order valence-electron chi connectivity index (χ2n) is 9.34. The highest BCUT2D eigenvalue weighted by atomic mass is 14.3. The van der Waals surface area contributed by atoms with Crippen LogP contribution in [0.25, 0.3) is 0 Å². The maximum absolute atomic E-state index is 9.73. The normalized spacial score (nSPS) is 14.7. The van der Waals surface area contributed by atoms with Gasteiger partial charge in [0, 0.05) is 5.92 Å². The molecule has 3 atom stereocenters. The third-order valence-electron chi connectivity index (χ3n) is 6.08. The molecule has 2 aromatic carbocycles. The lowest BCUT2D eigenvalue weighted by Gasteiger charge is -2.27. The minimum atomic E-state index is 0.0950. The van der Waals surface area contributed by atoms with E-state index in [1.165, 1.54) is 11.1 Å². The van der Waals surface area contributed by atoms with Crippen molar-refractivity contribution < 1.29 is 0 Å². The number of allylic oxidation sites excluding steroid dienone is 2. The molecule has 0 saturated carbocycles. The molecule has 0 aliphatic rings. The van der Waals surface area contributed by atoms with Gasteiger partial charge in [0.1, 0.15) is 0 Å². The van der Waals surface area contributed by atoms with Gasteiger partial charge in [0.05, 0.1) is 6.07 Å². The van der Waals surface area contributed by atoms with E-state index in [9.17, 15) is 5.26 Å². The SMILES string of the molecule is CC(C)C/C=C/CCC(CC(CC(C#N)C(C)C)c1ccccc1)c1ccccc1. The van der Waals surface area contributed by atoms with Gasteiger partial charge in [-0.2, -0.15) is 5.26 Å². The van der Waals surface area contributed by atoms with Gasteiger partial charge >= 0.3 is 0 Å². The van der Waals surface area contributed by atoms with Crippen LogP contribution >= 0.6 is 0 Å². The minimum absolute atomic E-state index is 0.0950. The standard InChI is InChI=1S/C29H39N/c1-23(2)14-8-5-13-19-27(25-15-9-6-10-16-25)20-28(21-29(22-30)24(3)4)26-17-11-7-12-18-26/h5-12,15-18,23-24,27-29H,13-14,19-21H2,1-4H3/b8-5+. The van der Waals surface area contributed by atoms with E-state index >= 15 is 0 Å². The largest absolute Gasteiger partial charge is 0.198 e. The number of rotatable bonds is 12. The molecule has 0 heterocycles. The Balaban J connectivity index is 2.20. The fourth-order valence-electron chi connectivity index (χ4n) is 4.15. The molecule has 0 aromatic heterocycles. The summed E-state index contributed by atoms with van der Waals surface area (Å²) >= 11 is 0. The molecule has 0 aliphatic heterocycles. The van der Waals surface area contributed by atoms with Gasteiger partial charge in [-0.05, 0) is 66.9 Å². The number of hydrogen-bond acceptors (Lipinski definition) is 1. The lowest BCUT2D eigenvalue weighted by molar-refractivity contribution is 0.378. The molecule has 0 spiro atoms. The molecule has 0 saturated heterocycles. The number of nitrogens with zero attached hydrogens (tertiary/aromatic N) is 1. The molecule has 1 heteroatoms. The maximum atomic E-state index is 9.73. The summed E-state index contributed by atoms with van der Waals surface area (Å²) in [5.74, 6) is 2.11. The Kier molecular flexibility index (Phi) is 10.4. The van der Waals surface area contributed by atoms with Gasteiger partial charge in [0.2, 0.25) is 0 Å². The Labute approximate surface area is 184 Å². The van der Waals surface area contributed by atoms with Crippen LogP contribution in [0.4, 0.5) is 0 Å². The molecule has 30 heavy (non-hydrogen) atoms. The van der Waals surface area contributed by atoms with Crippen LogP contribution in [-0.2, 0) is 0 Å². The fourth-order valence-corrected chi connectivity index (χ4v) is 4.15. The second kappa shape index (κ2) is 13.1. The first-order chi connectivity index (χ1) is 14.5. The van der Waals surface area contributed by atoms with E-state index in [0.29, 0.717) is 23.7 Å². The highest BCUT2D eigenvalue weighted by molar-refractivity contribution is 5.24. The number of nitriles is 1. The van der Waals surface area contributed by atoms with Crippen LogP contribution in [-0.4, -0.2) is 0 Å². The topological polar surface area (TPSA) is 23.8 Å². The predicted molar refractivity (Wildman–Crippen MR) is 129 cm³/mol. The second-order valence-corrected chi connectivity index (χ2v) is 9.34. The van der Waals surface area contributed by atoms with Gasteiger partial charge in [0.25, 0.3) is 0 Å². The third-order valence-corrected chi connectivity index (χ3v) is 6.08. The first-order valence-electron chi connectivity index (χ1n) is 11.7. The van der Waals surface area contributed by atoms with Crippen LogP contribution < -0.4 is 0 Å². The van der Waals surface area contributed by atoms with Crippen molar-refractivity contribution in [1.29, 1.82) is 5.26 Å². The molecule has 2 rings (SSSR count). The van der Waals surface area contributed by atoms with Gasteiger partial charge < -0.3 is 0 Å². The molecular formula is C29H39N. The first-order valence-corrected chi connectivity index (χ1v) is 11.7. The molecular weight excluding hydrogens is 362 g/mol. The molecule has 0 N–H and O–H groups in total. The summed E-state index contributed by atoms with van der Waals surface area (Å²) in [6.07, 6.45) is 10.1. The third kappa shape index (κ3) is 8.19. The van der Waals surface area contributed by atoms with Gasteiger partial charge in [0.15, 0.2) is 0 Å². The van der Waals surface area contributed by atoms with Crippen molar-refractivity contribution in [2.24, 2.45) is 17.8 Å². The van der Waals surface area contributed by atoms with Gasteiger partial charge in [-0.3, -0.25) is 0 Å². The van der Waals surface area contributed by atoms with E-state index in [1.54, 1.807) is 0 Å². The van der Waals surface area contributed by atoms with Crippen molar-refractivity contribution in [3.8, 4) is 6.07 Å². The summed E-state index contributed by atoms with van der Waals surface area (Å²) in [6, 6.07) is 24.3. The molecule has 0 bridgehead atoms. The Morgan fingerprint density at radius 3 is 1.83 bits per heavy atom. The quantitative estimate of drug-likeness (QED) is 0.327. The fraction of sp³-hybridized carbons (Fsp3) is 0.483. The van der Waals surface area contributed by atoms with Gasteiger partial charge in [-0.25, -0.2) is 0 Å². The van der Waals surface area contributed by atoms with E-state index in [1.807, 2.05) is 0 Å². The van der Waals surface area contributed by atoms with Crippen LogP contribution in [0, 0.1) is 29.1 Å². The summed E-state index contributed by atoms with van der Waals surface area (Å²) in [7, 11) is 0. The van der Waals surface area contributed by atoms with E-state index in [-0.39, 0.29) is 5.92 Å². The summed E-state index contributed by atoms with van der Waals surface area (Å²) < 4.78 is 0. The van der Waals surface area contributed by atoms with Gasteiger partial charge in [-0.15, -0.1) is 0 Å². The summed E-state index contributed by atoms with van der Waals surface area (Å²) in [6.45, 7) is 8.87. The Morgan fingerprint density at radius 2 is 1.33 bits per heavy atom. The molecule has 160 valence electrons. The van der Waals surface area contributed by atoms with Crippen molar-refractivity contribution in [3.05, 3.63) is 83.9 Å². The van der Waals surface area contributed by atoms with E-state index < -0.39 is 0 Å². The van der Waals surface area contributed by atoms with Crippen molar-refractivity contribution in [2.45, 2.75) is 71.6 Å². The maximum Gasteiger partial charge on any atom is 0.0658 e. The molecule has 2 aromatic rings. The van der Waals surface area contributed by atoms with Crippen LogP contribution in [0.15, 0.2) is 72.8 Å². The average molecular weight is 402 g/mol. The Hall–Kier alpha value is -2.33. The summed E-state index contributed by atoms with van der Waals surface area (Å²) in [4.78, 5) is 0. The lowest BCUT2D eigenvalue weighted by atomic mass is 9.77. The monoisotopic (exact) mass is 401 g/mol. The van der Waals surface area contributed by atoms with E-state index in [0.717, 1.165) is 32.1 Å². The van der Waals surface area contributed by atoms with E-state index in [4.69, 9.17) is 0 Å². The summed E-state index contributed by atoms with van der Waals surface area (Å²) in [5.41, 5.74) is 2.79. The molecule has 3 unspecified atom stereocenters. The van der Waals surface area contributed by atoms with Crippen LogP contribution in [0.3, 0.4) is 0 Å². The Morgan fingerprint density at radius 1 is 0.767 bits per heavy atom. The van der Waals surface area contributed by atoms with Gasteiger partial charge in [-0.1, -0.05) is 101 Å². The zero-order valence-electron chi connectivity index (χ0n) is 19.3. The Bertz CT molecular complexity index is 767. The molecule has 1 nitrogen and oxygen atoms in total. The van der Waals surface area contributed by atoms with Crippen LogP contribution in [0.5, 0.6) is 0 Å². The van der Waals surface area contributed by atoms with Crippen LogP contribution in [0.2, 0.25) is 0 Å².